The van der Waals surface area contributed by atoms with Crippen molar-refractivity contribution in [2.45, 2.75) is 0 Å². The Morgan fingerprint density at radius 3 is 2.40 bits per heavy atom. The van der Waals surface area contributed by atoms with Gasteiger partial charge in [-0.15, -0.1) is 0 Å². The second-order valence-electron chi connectivity index (χ2n) is 3.52. The molecule has 1 saturated heterocycles. The van der Waals surface area contributed by atoms with Crippen molar-refractivity contribution in [2.24, 2.45) is 5.41 Å². The van der Waals surface area contributed by atoms with E-state index in [2.05, 4.69) is 15.9 Å². The third-order valence-electron chi connectivity index (χ3n) is 2.45. The Labute approximate surface area is 95.8 Å². The predicted octanol–water partition coefficient (Wildman–Crippen LogP) is 2.17. The molecule has 1 aromatic rings. The predicted molar refractivity (Wildman–Crippen MR) is 57.3 cm³/mol. The van der Waals surface area contributed by atoms with Gasteiger partial charge >= 0.3 is 0 Å². The van der Waals surface area contributed by atoms with Crippen molar-refractivity contribution in [3.63, 3.8) is 0 Å². The number of carbonyl (C=O) groups is 1. The SMILES string of the molecule is N#CC1(C(=O)c2ccc(Br)cc2)COC1. The molecule has 0 aliphatic carbocycles. The van der Waals surface area contributed by atoms with Crippen LogP contribution < -0.4 is 0 Å². The van der Waals surface area contributed by atoms with Gasteiger partial charge in [-0.2, -0.15) is 5.26 Å². The first-order valence-corrected chi connectivity index (χ1v) is 5.27. The van der Waals surface area contributed by atoms with Crippen molar-refractivity contribution in [2.75, 3.05) is 13.2 Å². The lowest BCUT2D eigenvalue weighted by Gasteiger charge is -2.33. The van der Waals surface area contributed by atoms with E-state index in [0.717, 1.165) is 4.47 Å². The standard InChI is InChI=1S/C11H8BrNO2/c12-9-3-1-8(2-4-9)10(14)11(5-13)6-15-7-11/h1-4H,6-7H2. The topological polar surface area (TPSA) is 50.1 Å². The summed E-state index contributed by atoms with van der Waals surface area (Å²) in [5, 5.41) is 8.96. The molecule has 0 bridgehead atoms. The summed E-state index contributed by atoms with van der Waals surface area (Å²) >= 11 is 3.29. The minimum atomic E-state index is -0.951. The number of nitrogens with zero attached hydrogens (tertiary/aromatic N) is 1. The molecule has 0 N–H and O–H groups in total. The fraction of sp³-hybridized carbons (Fsp3) is 0.273. The van der Waals surface area contributed by atoms with Crippen molar-refractivity contribution in [1.29, 1.82) is 5.26 Å². The van der Waals surface area contributed by atoms with Gasteiger partial charge < -0.3 is 4.74 Å². The lowest BCUT2D eigenvalue weighted by atomic mass is 9.80. The number of ketones is 1. The quantitative estimate of drug-likeness (QED) is 0.771. The Bertz CT molecular complexity index is 429. The minimum Gasteiger partial charge on any atom is -0.377 e. The van der Waals surface area contributed by atoms with Crippen LogP contribution >= 0.6 is 15.9 Å². The molecular formula is C11H8BrNO2. The van der Waals surface area contributed by atoms with E-state index in [0.29, 0.717) is 5.56 Å². The fourth-order valence-corrected chi connectivity index (χ4v) is 1.69. The van der Waals surface area contributed by atoms with Gasteiger partial charge in [0.2, 0.25) is 0 Å². The van der Waals surface area contributed by atoms with Crippen LogP contribution in [0.25, 0.3) is 0 Å². The highest BCUT2D eigenvalue weighted by Gasteiger charge is 2.46. The molecule has 1 aromatic carbocycles. The van der Waals surface area contributed by atoms with Crippen LogP contribution in [-0.2, 0) is 4.74 Å². The van der Waals surface area contributed by atoms with Gasteiger partial charge in [0, 0.05) is 10.0 Å². The molecule has 2 rings (SSSR count). The summed E-state index contributed by atoms with van der Waals surface area (Å²) < 4.78 is 5.85. The molecule has 1 aliphatic heterocycles. The van der Waals surface area contributed by atoms with E-state index in [4.69, 9.17) is 10.00 Å². The number of benzene rings is 1. The first-order valence-electron chi connectivity index (χ1n) is 4.47. The van der Waals surface area contributed by atoms with Crippen molar-refractivity contribution in [3.8, 4) is 6.07 Å². The summed E-state index contributed by atoms with van der Waals surface area (Å²) in [6.45, 7) is 0.413. The van der Waals surface area contributed by atoms with E-state index in [9.17, 15) is 4.79 Å². The van der Waals surface area contributed by atoms with Gasteiger partial charge in [0.15, 0.2) is 11.2 Å². The number of Topliss-reactive ketones (excluding diaryl/α,β-unsaturated/α-hetero) is 1. The Morgan fingerprint density at radius 1 is 1.40 bits per heavy atom. The smallest absolute Gasteiger partial charge is 0.187 e. The Kier molecular flexibility index (Phi) is 2.59. The van der Waals surface area contributed by atoms with Crippen molar-refractivity contribution in [3.05, 3.63) is 34.3 Å². The zero-order chi connectivity index (χ0) is 10.9. The van der Waals surface area contributed by atoms with Gasteiger partial charge in [-0.25, -0.2) is 0 Å². The maximum absolute atomic E-state index is 12.0. The minimum absolute atomic E-state index is 0.149. The van der Waals surface area contributed by atoms with Gasteiger partial charge in [-0.3, -0.25) is 4.79 Å². The van der Waals surface area contributed by atoms with E-state index in [1.165, 1.54) is 0 Å². The highest BCUT2D eigenvalue weighted by atomic mass is 79.9. The van der Waals surface area contributed by atoms with Crippen LogP contribution in [0.2, 0.25) is 0 Å². The zero-order valence-electron chi connectivity index (χ0n) is 7.87. The average molecular weight is 266 g/mol. The highest BCUT2D eigenvalue weighted by Crippen LogP contribution is 2.31. The molecule has 15 heavy (non-hydrogen) atoms. The fourth-order valence-electron chi connectivity index (χ4n) is 1.43. The largest absolute Gasteiger partial charge is 0.377 e. The molecule has 3 nitrogen and oxygen atoms in total. The van der Waals surface area contributed by atoms with E-state index < -0.39 is 5.41 Å². The lowest BCUT2D eigenvalue weighted by molar-refractivity contribution is -0.0566. The van der Waals surface area contributed by atoms with Crippen LogP contribution in [0.5, 0.6) is 0 Å². The monoisotopic (exact) mass is 265 g/mol. The van der Waals surface area contributed by atoms with E-state index in [-0.39, 0.29) is 19.0 Å². The number of rotatable bonds is 2. The maximum Gasteiger partial charge on any atom is 0.187 e. The third kappa shape index (κ3) is 1.69. The molecule has 0 aromatic heterocycles. The molecule has 0 radical (unpaired) electrons. The second kappa shape index (κ2) is 3.76. The molecule has 1 heterocycles. The Morgan fingerprint density at radius 2 is 2.00 bits per heavy atom. The van der Waals surface area contributed by atoms with Crippen LogP contribution in [0.15, 0.2) is 28.7 Å². The molecule has 0 spiro atoms. The highest BCUT2D eigenvalue weighted by molar-refractivity contribution is 9.10. The summed E-state index contributed by atoms with van der Waals surface area (Å²) in [6, 6.07) is 9.04. The van der Waals surface area contributed by atoms with Gasteiger partial charge in [-0.1, -0.05) is 28.1 Å². The molecule has 0 amide bonds. The van der Waals surface area contributed by atoms with E-state index >= 15 is 0 Å². The number of carbonyl (C=O) groups excluding carboxylic acids is 1. The number of ether oxygens (including phenoxy) is 1. The van der Waals surface area contributed by atoms with Crippen LogP contribution in [-0.4, -0.2) is 19.0 Å². The second-order valence-corrected chi connectivity index (χ2v) is 4.44. The number of halogens is 1. The van der Waals surface area contributed by atoms with Gasteiger partial charge in [-0.05, 0) is 12.1 Å². The average Bonchev–Trinajstić information content (AvgIpc) is 2.18. The van der Waals surface area contributed by atoms with Gasteiger partial charge in [0.25, 0.3) is 0 Å². The van der Waals surface area contributed by atoms with Crippen molar-refractivity contribution >= 4 is 21.7 Å². The number of hydrogen-bond donors (Lipinski definition) is 0. The summed E-state index contributed by atoms with van der Waals surface area (Å²) in [5.74, 6) is -0.149. The summed E-state index contributed by atoms with van der Waals surface area (Å²) in [6.07, 6.45) is 0. The third-order valence-corrected chi connectivity index (χ3v) is 2.98. The molecular weight excluding hydrogens is 258 g/mol. The van der Waals surface area contributed by atoms with Gasteiger partial charge in [0.05, 0.1) is 19.3 Å². The van der Waals surface area contributed by atoms with Crippen molar-refractivity contribution in [1.82, 2.24) is 0 Å². The molecule has 4 heteroatoms. The zero-order valence-corrected chi connectivity index (χ0v) is 9.45. The molecule has 1 aliphatic rings. The van der Waals surface area contributed by atoms with Crippen LogP contribution in [0.4, 0.5) is 0 Å². The van der Waals surface area contributed by atoms with Gasteiger partial charge in [0.1, 0.15) is 0 Å². The maximum atomic E-state index is 12.0. The number of nitriles is 1. The Hall–Kier alpha value is -1.18. The Balaban J connectivity index is 2.29. The summed E-state index contributed by atoms with van der Waals surface area (Å²) in [7, 11) is 0. The first-order chi connectivity index (χ1) is 7.18. The first kappa shape index (κ1) is 10.3. The van der Waals surface area contributed by atoms with E-state index in [1.807, 2.05) is 6.07 Å². The molecule has 0 atom stereocenters. The summed E-state index contributed by atoms with van der Waals surface area (Å²) in [5.41, 5.74) is -0.392. The molecule has 0 unspecified atom stereocenters. The summed E-state index contributed by atoms with van der Waals surface area (Å²) in [4.78, 5) is 12.0. The number of hydrogen-bond acceptors (Lipinski definition) is 3. The molecule has 76 valence electrons. The molecule has 0 saturated carbocycles. The van der Waals surface area contributed by atoms with Crippen LogP contribution in [0.1, 0.15) is 10.4 Å². The van der Waals surface area contributed by atoms with Crippen molar-refractivity contribution < 1.29 is 9.53 Å². The van der Waals surface area contributed by atoms with E-state index in [1.54, 1.807) is 24.3 Å². The molecule has 1 fully saturated rings. The normalized spacial score (nSPS) is 17.6. The van der Waals surface area contributed by atoms with Crippen LogP contribution in [0, 0.1) is 16.7 Å². The van der Waals surface area contributed by atoms with Crippen LogP contribution in [0.3, 0.4) is 0 Å². The lowest BCUT2D eigenvalue weighted by Crippen LogP contribution is -2.47.